The van der Waals surface area contributed by atoms with Gasteiger partial charge in [0.2, 0.25) is 0 Å². The van der Waals surface area contributed by atoms with E-state index in [-0.39, 0.29) is 35.4 Å². The molecule has 3 saturated carbocycles. The molecule has 26 heavy (non-hydrogen) atoms. The van der Waals surface area contributed by atoms with Gasteiger partial charge in [-0.15, -0.1) is 0 Å². The van der Waals surface area contributed by atoms with Gasteiger partial charge in [-0.05, 0) is 42.6 Å². The lowest BCUT2D eigenvalue weighted by Gasteiger charge is -2.61. The second kappa shape index (κ2) is 4.42. The van der Waals surface area contributed by atoms with Crippen molar-refractivity contribution in [2.75, 3.05) is 13.2 Å². The van der Waals surface area contributed by atoms with Gasteiger partial charge in [0, 0.05) is 17.3 Å². The summed E-state index contributed by atoms with van der Waals surface area (Å²) >= 11 is 0. The number of rotatable bonds is 0. The van der Waals surface area contributed by atoms with Gasteiger partial charge in [0.05, 0.1) is 19.3 Å². The summed E-state index contributed by atoms with van der Waals surface area (Å²) in [5.41, 5.74) is -1.42. The molecule has 3 aliphatic carbocycles. The van der Waals surface area contributed by atoms with Gasteiger partial charge in [-0.2, -0.15) is 0 Å². The Balaban J connectivity index is 1.59. The Morgan fingerprint density at radius 3 is 2.77 bits per heavy atom. The molecule has 3 heterocycles. The van der Waals surface area contributed by atoms with E-state index < -0.39 is 28.8 Å². The molecular weight excluding hydrogens is 336 g/mol. The van der Waals surface area contributed by atoms with E-state index in [0.717, 1.165) is 12.8 Å². The summed E-state index contributed by atoms with van der Waals surface area (Å²) in [4.78, 5) is 26.4. The Morgan fingerprint density at radius 1 is 1.19 bits per heavy atom. The molecule has 6 heteroatoms. The summed E-state index contributed by atoms with van der Waals surface area (Å²) in [7, 11) is 0. The average molecular weight is 360 g/mol. The van der Waals surface area contributed by atoms with E-state index in [4.69, 9.17) is 14.2 Å². The number of aliphatic hydroxyl groups excluding tert-OH is 1. The third-order valence-corrected chi connectivity index (χ3v) is 8.65. The van der Waals surface area contributed by atoms with Crippen LogP contribution in [0.5, 0.6) is 0 Å². The van der Waals surface area contributed by atoms with Crippen LogP contribution in [0.25, 0.3) is 0 Å². The number of Topliss-reactive ketones (excluding diaryl/α,β-unsaturated/α-hetero) is 1. The molecule has 6 rings (SSSR count). The minimum atomic E-state index is -1.28. The topological polar surface area (TPSA) is 82.1 Å². The van der Waals surface area contributed by atoms with Crippen molar-refractivity contribution in [1.29, 1.82) is 0 Å². The molecule has 2 bridgehead atoms. The predicted molar refractivity (Wildman–Crippen MR) is 87.6 cm³/mol. The molecule has 6 fully saturated rings. The zero-order valence-electron chi connectivity index (χ0n) is 14.9. The van der Waals surface area contributed by atoms with Gasteiger partial charge in [-0.3, -0.25) is 9.59 Å². The third kappa shape index (κ3) is 1.40. The minimum absolute atomic E-state index is 0.0385. The van der Waals surface area contributed by atoms with Crippen molar-refractivity contribution in [2.24, 2.45) is 34.0 Å². The van der Waals surface area contributed by atoms with Crippen LogP contribution in [-0.4, -0.2) is 48.6 Å². The van der Waals surface area contributed by atoms with Gasteiger partial charge in [0.15, 0.2) is 12.1 Å². The predicted octanol–water partition coefficient (Wildman–Crippen LogP) is 1.21. The number of carbonyl (C=O) groups is 2. The molecule has 9 atom stereocenters. The number of aliphatic hydroxyl groups is 1. The molecule has 6 nitrogen and oxygen atoms in total. The van der Waals surface area contributed by atoms with Crippen molar-refractivity contribution in [2.45, 2.75) is 51.1 Å². The highest BCUT2D eigenvalue weighted by molar-refractivity contribution is 6.15. The normalized spacial score (nSPS) is 59.7. The number of ether oxygens (including phenoxy) is 3. The fraction of sp³-hybridized carbons (Fsp3) is 0.800. The van der Waals surface area contributed by atoms with E-state index in [1.807, 2.05) is 0 Å². The average Bonchev–Trinajstić information content (AvgIpc) is 3.22. The van der Waals surface area contributed by atoms with Crippen molar-refractivity contribution < 1.29 is 28.9 Å². The molecule has 6 aliphatic rings. The van der Waals surface area contributed by atoms with Crippen LogP contribution < -0.4 is 0 Å². The van der Waals surface area contributed by atoms with Crippen molar-refractivity contribution in [3.05, 3.63) is 12.2 Å². The summed E-state index contributed by atoms with van der Waals surface area (Å²) in [6.07, 6.45) is 1.18. The number of esters is 1. The zero-order chi connectivity index (χ0) is 18.1. The second-order valence-corrected chi connectivity index (χ2v) is 9.67. The van der Waals surface area contributed by atoms with E-state index in [0.29, 0.717) is 31.6 Å². The van der Waals surface area contributed by atoms with Crippen molar-refractivity contribution >= 4 is 11.8 Å². The molecule has 0 unspecified atom stereocenters. The van der Waals surface area contributed by atoms with Crippen LogP contribution in [0.15, 0.2) is 12.2 Å². The smallest absolute Gasteiger partial charge is 0.320 e. The lowest BCUT2D eigenvalue weighted by atomic mass is 9.44. The lowest BCUT2D eigenvalue weighted by molar-refractivity contribution is -0.246. The van der Waals surface area contributed by atoms with Gasteiger partial charge >= 0.3 is 5.97 Å². The Hall–Kier alpha value is -1.24. The number of carbonyl (C=O) groups excluding carboxylic acids is 2. The van der Waals surface area contributed by atoms with Crippen molar-refractivity contribution in [1.82, 2.24) is 0 Å². The van der Waals surface area contributed by atoms with Crippen LogP contribution in [0, 0.1) is 34.0 Å². The fourth-order valence-electron chi connectivity index (χ4n) is 7.73. The minimum Gasteiger partial charge on any atom is -0.461 e. The zero-order valence-corrected chi connectivity index (χ0v) is 14.9. The first kappa shape index (κ1) is 15.8. The van der Waals surface area contributed by atoms with E-state index in [9.17, 15) is 14.7 Å². The summed E-state index contributed by atoms with van der Waals surface area (Å²) in [5.74, 6) is -1.22. The highest BCUT2D eigenvalue weighted by Gasteiger charge is 2.80. The van der Waals surface area contributed by atoms with Gasteiger partial charge < -0.3 is 19.3 Å². The van der Waals surface area contributed by atoms with E-state index in [1.54, 1.807) is 0 Å². The van der Waals surface area contributed by atoms with Crippen LogP contribution in [0.4, 0.5) is 0 Å². The summed E-state index contributed by atoms with van der Waals surface area (Å²) in [6, 6.07) is 0. The first-order valence-corrected chi connectivity index (χ1v) is 9.70. The standard InChI is InChI=1S/C20H24O6/c1-9-10-5-11(21)13-19(6-10,15(9)22)17(23)26-12-3-4-18(2)7-24-16-14(18)20(12,13)8-25-16/h10-14,16,21H,1,3-8H2,2H3/t10-,11+,12+,13-,14-,16+,18+,19+,20+/m1/s1. The summed E-state index contributed by atoms with van der Waals surface area (Å²) in [6.45, 7) is 7.15. The fourth-order valence-corrected chi connectivity index (χ4v) is 7.73. The van der Waals surface area contributed by atoms with E-state index in [2.05, 4.69) is 13.5 Å². The molecule has 0 aromatic carbocycles. The second-order valence-electron chi connectivity index (χ2n) is 9.67. The maximum atomic E-state index is 13.2. The van der Waals surface area contributed by atoms with Gasteiger partial charge in [-0.25, -0.2) is 0 Å². The molecule has 3 saturated heterocycles. The molecule has 0 aromatic rings. The first-order chi connectivity index (χ1) is 12.3. The number of allylic oxidation sites excluding steroid dienone is 1. The molecule has 140 valence electrons. The highest BCUT2D eigenvalue weighted by Crippen LogP contribution is 2.72. The highest BCUT2D eigenvalue weighted by atomic mass is 16.7. The first-order valence-electron chi connectivity index (χ1n) is 9.70. The summed E-state index contributed by atoms with van der Waals surface area (Å²) < 4.78 is 18.0. The van der Waals surface area contributed by atoms with Gasteiger partial charge in [0.25, 0.3) is 0 Å². The molecule has 0 radical (unpaired) electrons. The van der Waals surface area contributed by atoms with E-state index >= 15 is 0 Å². The van der Waals surface area contributed by atoms with Crippen LogP contribution in [0.1, 0.15) is 32.6 Å². The van der Waals surface area contributed by atoms with Crippen LogP contribution in [0.2, 0.25) is 0 Å². The molecular formula is C20H24O6. The summed E-state index contributed by atoms with van der Waals surface area (Å²) in [5, 5.41) is 11.2. The molecule has 3 aliphatic heterocycles. The van der Waals surface area contributed by atoms with Gasteiger partial charge in [0.1, 0.15) is 11.5 Å². The number of ketones is 1. The van der Waals surface area contributed by atoms with Crippen LogP contribution in [0.3, 0.4) is 0 Å². The quantitative estimate of drug-likeness (QED) is 0.397. The lowest BCUT2D eigenvalue weighted by Crippen LogP contribution is -2.70. The number of hydrogen-bond acceptors (Lipinski definition) is 6. The Bertz CT molecular complexity index is 761. The maximum Gasteiger partial charge on any atom is 0.320 e. The Kier molecular flexibility index (Phi) is 2.68. The van der Waals surface area contributed by atoms with Gasteiger partial charge in [-0.1, -0.05) is 13.5 Å². The maximum absolute atomic E-state index is 13.2. The third-order valence-electron chi connectivity index (χ3n) is 8.65. The Labute approximate surface area is 151 Å². The molecule has 0 amide bonds. The van der Waals surface area contributed by atoms with Crippen molar-refractivity contribution in [3.8, 4) is 0 Å². The van der Waals surface area contributed by atoms with Crippen LogP contribution in [-0.2, 0) is 23.8 Å². The largest absolute Gasteiger partial charge is 0.461 e. The SMILES string of the molecule is C=C1C(=O)[C@]23C[C@H]1C[C@H](O)[C@H]2[C@]12CO[C@@H]4OC[C@](C)(CC[C@@H]1OC3=O)[C@@H]42. The number of fused-ring (bicyclic) bond motifs is 1. The molecule has 0 aromatic heterocycles. The van der Waals surface area contributed by atoms with Crippen LogP contribution >= 0.6 is 0 Å². The molecule has 1 N–H and O–H groups in total. The molecule has 2 spiro atoms. The van der Waals surface area contributed by atoms with Crippen molar-refractivity contribution in [3.63, 3.8) is 0 Å². The Morgan fingerprint density at radius 2 is 1.96 bits per heavy atom. The number of hydrogen-bond donors (Lipinski definition) is 1. The monoisotopic (exact) mass is 360 g/mol. The van der Waals surface area contributed by atoms with E-state index in [1.165, 1.54) is 0 Å².